The molecule has 1 aromatic rings. The number of aliphatic carboxylic acids is 1. The lowest BCUT2D eigenvalue weighted by molar-refractivity contribution is -0.132. The van der Waals surface area contributed by atoms with Gasteiger partial charge >= 0.3 is 5.97 Å². The van der Waals surface area contributed by atoms with Crippen molar-refractivity contribution in [2.45, 2.75) is 6.42 Å². The highest BCUT2D eigenvalue weighted by Gasteiger charge is 2.04. The molecule has 0 atom stereocenters. The van der Waals surface area contributed by atoms with Crippen molar-refractivity contribution in [1.29, 1.82) is 0 Å². The summed E-state index contributed by atoms with van der Waals surface area (Å²) in [5.41, 5.74) is 1.15. The van der Waals surface area contributed by atoms with E-state index in [9.17, 15) is 4.79 Å². The molecule has 0 aromatic heterocycles. The summed E-state index contributed by atoms with van der Waals surface area (Å²) in [4.78, 5) is 10.5. The molecule has 0 saturated carbocycles. The molecular weight excluding hydrogens is 232 g/mol. The fourth-order valence-electron chi connectivity index (χ4n) is 0.969. The van der Waals surface area contributed by atoms with Gasteiger partial charge in [-0.15, -0.1) is 0 Å². The van der Waals surface area contributed by atoms with Crippen LogP contribution in [0.5, 0.6) is 0 Å². The third-order valence-electron chi connectivity index (χ3n) is 1.61. The van der Waals surface area contributed by atoms with Crippen molar-refractivity contribution in [1.82, 2.24) is 0 Å². The summed E-state index contributed by atoms with van der Waals surface area (Å²) in [6.07, 6.45) is 0.384. The van der Waals surface area contributed by atoms with Gasteiger partial charge in [0, 0.05) is 16.5 Å². The lowest BCUT2D eigenvalue weighted by Crippen LogP contribution is -2.01. The topological polar surface area (TPSA) is 37.3 Å². The third kappa shape index (κ3) is 3.03. The average Bonchev–Trinajstić information content (AvgIpc) is 2.04. The molecule has 0 aliphatic carbocycles. The molecule has 1 N–H and O–H groups in total. The Morgan fingerprint density at radius 2 is 2.23 bits per heavy atom. The zero-order chi connectivity index (χ0) is 9.84. The van der Waals surface area contributed by atoms with Crippen LogP contribution >= 0.6 is 15.9 Å². The Hall–Kier alpha value is -1.09. The smallest absolute Gasteiger partial charge is 0.331 e. The lowest BCUT2D eigenvalue weighted by Gasteiger charge is -2.00. The molecule has 1 rings (SSSR count). The second-order valence-corrected chi connectivity index (χ2v) is 3.63. The predicted octanol–water partition coefficient (Wildman–Crippen LogP) is 2.63. The van der Waals surface area contributed by atoms with Crippen LogP contribution in [0.3, 0.4) is 0 Å². The molecule has 0 aliphatic heterocycles. The van der Waals surface area contributed by atoms with E-state index in [0.29, 0.717) is 6.42 Å². The van der Waals surface area contributed by atoms with E-state index >= 15 is 0 Å². The monoisotopic (exact) mass is 240 g/mol. The van der Waals surface area contributed by atoms with Crippen molar-refractivity contribution in [3.63, 3.8) is 0 Å². The lowest BCUT2D eigenvalue weighted by atomic mass is 10.1. The van der Waals surface area contributed by atoms with E-state index in [0.717, 1.165) is 10.0 Å². The average molecular weight is 241 g/mol. The Bertz CT molecular complexity index is 345. The Labute approximate surface area is 85.0 Å². The minimum atomic E-state index is -0.944. The molecule has 68 valence electrons. The van der Waals surface area contributed by atoms with E-state index in [-0.39, 0.29) is 5.57 Å². The van der Waals surface area contributed by atoms with Gasteiger partial charge in [0.2, 0.25) is 0 Å². The van der Waals surface area contributed by atoms with Crippen molar-refractivity contribution in [2.24, 2.45) is 0 Å². The van der Waals surface area contributed by atoms with Gasteiger partial charge in [-0.3, -0.25) is 0 Å². The molecule has 0 spiro atoms. The fourth-order valence-corrected chi connectivity index (χ4v) is 1.42. The molecule has 0 saturated heterocycles. The first-order chi connectivity index (χ1) is 6.09. The number of carbonyl (C=O) groups is 1. The summed E-state index contributed by atoms with van der Waals surface area (Å²) in [6, 6.07) is 7.52. The largest absolute Gasteiger partial charge is 0.478 e. The summed E-state index contributed by atoms with van der Waals surface area (Å²) in [5.74, 6) is -0.944. The Morgan fingerprint density at radius 3 is 2.77 bits per heavy atom. The molecule has 0 fully saturated rings. The maximum Gasteiger partial charge on any atom is 0.331 e. The summed E-state index contributed by atoms with van der Waals surface area (Å²) in [6.45, 7) is 3.46. The third-order valence-corrected chi connectivity index (χ3v) is 2.10. The summed E-state index contributed by atoms with van der Waals surface area (Å²) in [7, 11) is 0. The minimum Gasteiger partial charge on any atom is -0.478 e. The number of halogens is 1. The van der Waals surface area contributed by atoms with Crippen LogP contribution in [-0.2, 0) is 11.2 Å². The summed E-state index contributed by atoms with van der Waals surface area (Å²) in [5, 5.41) is 8.60. The van der Waals surface area contributed by atoms with Gasteiger partial charge in [0.05, 0.1) is 0 Å². The van der Waals surface area contributed by atoms with Gasteiger partial charge in [0.1, 0.15) is 0 Å². The number of carboxylic acids is 1. The molecule has 0 bridgehead atoms. The molecule has 0 aliphatic rings. The zero-order valence-electron chi connectivity index (χ0n) is 6.96. The quantitative estimate of drug-likeness (QED) is 0.826. The summed E-state index contributed by atoms with van der Waals surface area (Å²) < 4.78 is 0.947. The van der Waals surface area contributed by atoms with Crippen LogP contribution in [0, 0.1) is 0 Å². The minimum absolute atomic E-state index is 0.207. The number of hydrogen-bond acceptors (Lipinski definition) is 1. The Balaban J connectivity index is 2.75. The van der Waals surface area contributed by atoms with E-state index in [1.807, 2.05) is 24.3 Å². The van der Waals surface area contributed by atoms with Crippen molar-refractivity contribution < 1.29 is 9.90 Å². The van der Waals surface area contributed by atoms with Gasteiger partial charge in [0.25, 0.3) is 0 Å². The van der Waals surface area contributed by atoms with E-state index in [2.05, 4.69) is 22.5 Å². The van der Waals surface area contributed by atoms with Gasteiger partial charge in [0.15, 0.2) is 0 Å². The molecule has 2 nitrogen and oxygen atoms in total. The van der Waals surface area contributed by atoms with Crippen molar-refractivity contribution >= 4 is 21.9 Å². The first kappa shape index (κ1) is 9.99. The molecule has 0 unspecified atom stereocenters. The van der Waals surface area contributed by atoms with Gasteiger partial charge in [-0.05, 0) is 17.7 Å². The summed E-state index contributed by atoms with van der Waals surface area (Å²) >= 11 is 3.31. The van der Waals surface area contributed by atoms with Gasteiger partial charge in [-0.2, -0.15) is 0 Å². The van der Waals surface area contributed by atoms with Crippen molar-refractivity contribution in [3.05, 3.63) is 46.5 Å². The molecule has 3 heteroatoms. The maximum absolute atomic E-state index is 10.5. The van der Waals surface area contributed by atoms with Gasteiger partial charge < -0.3 is 5.11 Å². The van der Waals surface area contributed by atoms with Crippen LogP contribution in [-0.4, -0.2) is 11.1 Å². The van der Waals surface area contributed by atoms with Crippen LogP contribution < -0.4 is 0 Å². The van der Waals surface area contributed by atoms with E-state index in [1.54, 1.807) is 0 Å². The normalized spacial score (nSPS) is 9.62. The maximum atomic E-state index is 10.5. The van der Waals surface area contributed by atoms with E-state index in [1.165, 1.54) is 0 Å². The standard InChI is InChI=1S/C10H9BrO2/c1-7(10(12)13)5-8-3-2-4-9(11)6-8/h2-4,6H,1,5H2,(H,12,13). The highest BCUT2D eigenvalue weighted by atomic mass is 79.9. The van der Waals surface area contributed by atoms with Crippen LogP contribution in [0.1, 0.15) is 5.56 Å². The number of carboxylic acid groups (broad SMARTS) is 1. The highest BCUT2D eigenvalue weighted by molar-refractivity contribution is 9.10. The Kier molecular flexibility index (Phi) is 3.25. The van der Waals surface area contributed by atoms with Crippen LogP contribution in [0.4, 0.5) is 0 Å². The SMILES string of the molecule is C=C(Cc1cccc(Br)c1)C(=O)O. The highest BCUT2D eigenvalue weighted by Crippen LogP contribution is 2.14. The van der Waals surface area contributed by atoms with Crippen molar-refractivity contribution in [2.75, 3.05) is 0 Å². The fraction of sp³-hybridized carbons (Fsp3) is 0.100. The van der Waals surface area contributed by atoms with Crippen LogP contribution in [0.15, 0.2) is 40.9 Å². The number of hydrogen-bond donors (Lipinski definition) is 1. The van der Waals surface area contributed by atoms with Crippen molar-refractivity contribution in [3.8, 4) is 0 Å². The molecule has 0 radical (unpaired) electrons. The molecule has 0 amide bonds. The van der Waals surface area contributed by atoms with E-state index < -0.39 is 5.97 Å². The van der Waals surface area contributed by atoms with Crippen LogP contribution in [0.25, 0.3) is 0 Å². The Morgan fingerprint density at radius 1 is 1.54 bits per heavy atom. The predicted molar refractivity (Wildman–Crippen MR) is 54.6 cm³/mol. The number of rotatable bonds is 3. The first-order valence-corrected chi connectivity index (χ1v) is 4.54. The van der Waals surface area contributed by atoms with Gasteiger partial charge in [-0.25, -0.2) is 4.79 Å². The molecule has 1 aromatic carbocycles. The first-order valence-electron chi connectivity index (χ1n) is 3.75. The second-order valence-electron chi connectivity index (χ2n) is 2.72. The van der Waals surface area contributed by atoms with Crippen LogP contribution in [0.2, 0.25) is 0 Å². The second kappa shape index (κ2) is 4.23. The number of benzene rings is 1. The van der Waals surface area contributed by atoms with E-state index in [4.69, 9.17) is 5.11 Å². The zero-order valence-corrected chi connectivity index (χ0v) is 8.54. The molecular formula is C10H9BrO2. The molecule has 0 heterocycles. The van der Waals surface area contributed by atoms with Gasteiger partial charge in [-0.1, -0.05) is 34.6 Å². The molecule has 13 heavy (non-hydrogen) atoms.